The number of allylic oxidation sites excluding steroid dienone is 4. The van der Waals surface area contributed by atoms with Crippen molar-refractivity contribution in [2.75, 3.05) is 0 Å². The van der Waals surface area contributed by atoms with Crippen molar-refractivity contribution < 1.29 is 4.42 Å². The zero-order valence-electron chi connectivity index (χ0n) is 25.7. The predicted octanol–water partition coefficient (Wildman–Crippen LogP) is 10.6. The summed E-state index contributed by atoms with van der Waals surface area (Å²) in [6.07, 6.45) is 9.05. The smallest absolute Gasteiger partial charge is 0.167 e. The molecule has 7 aromatic rings. The number of furan rings is 1. The Kier molecular flexibility index (Phi) is 5.94. The minimum absolute atomic E-state index is 0.0140. The molecular weight excluding hydrogens is 562 g/mol. The van der Waals surface area contributed by atoms with E-state index < -0.39 is 0 Å². The Bertz CT molecular complexity index is 2360. The molecule has 5 aromatic carbocycles. The first-order valence-electron chi connectivity index (χ1n) is 15.9. The monoisotopic (exact) mass is 593 g/mol. The molecule has 2 heterocycles. The Morgan fingerprint density at radius 1 is 0.565 bits per heavy atom. The van der Waals surface area contributed by atoms with E-state index in [0.717, 1.165) is 49.8 Å². The molecule has 0 N–H and O–H groups in total. The Morgan fingerprint density at radius 2 is 1.22 bits per heavy atom. The third kappa shape index (κ3) is 4.10. The van der Waals surface area contributed by atoms with E-state index >= 15 is 0 Å². The van der Waals surface area contributed by atoms with E-state index in [2.05, 4.69) is 129 Å². The molecule has 2 aromatic heterocycles. The summed E-state index contributed by atoms with van der Waals surface area (Å²) < 4.78 is 6.46. The average Bonchev–Trinajstić information content (AvgIpc) is 3.61. The van der Waals surface area contributed by atoms with Crippen LogP contribution in [-0.2, 0) is 5.41 Å². The molecule has 220 valence electrons. The van der Waals surface area contributed by atoms with Crippen molar-refractivity contribution >= 4 is 21.9 Å². The van der Waals surface area contributed by atoms with Crippen LogP contribution < -0.4 is 0 Å². The lowest BCUT2D eigenvalue weighted by atomic mass is 9.74. The molecule has 9 rings (SSSR count). The molecule has 4 heteroatoms. The van der Waals surface area contributed by atoms with Crippen LogP contribution in [0.4, 0.5) is 0 Å². The number of rotatable bonds is 4. The van der Waals surface area contributed by atoms with Crippen LogP contribution in [-0.4, -0.2) is 15.0 Å². The standard InChI is InChI=1S/C42H31N3O/c1-42(2)34-22-8-6-18-31(34)37-32(20-12-23-35(37)42)40-43-39(28-16-10-15-27(25-28)26-13-4-3-5-14-26)44-41(45-40)33-21-11-19-30-29-17-7-9-24-36(29)46-38(30)33/h3-25,31,34H,1-2H3. The highest BCUT2D eigenvalue weighted by molar-refractivity contribution is 6.09. The van der Waals surface area contributed by atoms with Crippen LogP contribution in [0.3, 0.4) is 0 Å². The molecule has 2 atom stereocenters. The van der Waals surface area contributed by atoms with Gasteiger partial charge >= 0.3 is 0 Å². The van der Waals surface area contributed by atoms with Crippen LogP contribution >= 0.6 is 0 Å². The molecule has 0 radical (unpaired) electrons. The topological polar surface area (TPSA) is 51.8 Å². The Morgan fingerprint density at radius 3 is 2.11 bits per heavy atom. The normalized spacial score (nSPS) is 17.8. The highest BCUT2D eigenvalue weighted by Crippen LogP contribution is 2.55. The largest absolute Gasteiger partial charge is 0.455 e. The van der Waals surface area contributed by atoms with Gasteiger partial charge in [0.2, 0.25) is 0 Å². The lowest BCUT2D eigenvalue weighted by Crippen LogP contribution is -2.24. The number of para-hydroxylation sites is 2. The van der Waals surface area contributed by atoms with E-state index in [1.807, 2.05) is 24.3 Å². The van der Waals surface area contributed by atoms with Gasteiger partial charge in [-0.2, -0.15) is 0 Å². The van der Waals surface area contributed by atoms with Crippen molar-refractivity contribution in [2.45, 2.75) is 25.2 Å². The summed E-state index contributed by atoms with van der Waals surface area (Å²) in [5.74, 6) is 2.54. The fourth-order valence-corrected chi connectivity index (χ4v) is 7.57. The van der Waals surface area contributed by atoms with Crippen LogP contribution in [0.5, 0.6) is 0 Å². The molecule has 4 nitrogen and oxygen atoms in total. The number of aromatic nitrogens is 3. The van der Waals surface area contributed by atoms with Gasteiger partial charge in [0.1, 0.15) is 11.2 Å². The Hall–Kier alpha value is -5.61. The van der Waals surface area contributed by atoms with E-state index in [4.69, 9.17) is 19.4 Å². The van der Waals surface area contributed by atoms with E-state index in [9.17, 15) is 0 Å². The molecule has 2 aliphatic carbocycles. The highest BCUT2D eigenvalue weighted by Gasteiger charge is 2.45. The van der Waals surface area contributed by atoms with Crippen LogP contribution in [0.25, 0.3) is 67.2 Å². The van der Waals surface area contributed by atoms with Crippen molar-refractivity contribution in [2.24, 2.45) is 5.92 Å². The number of nitrogens with zero attached hydrogens (tertiary/aromatic N) is 3. The van der Waals surface area contributed by atoms with E-state index in [1.54, 1.807) is 0 Å². The van der Waals surface area contributed by atoms with Crippen molar-refractivity contribution in [3.63, 3.8) is 0 Å². The zero-order valence-corrected chi connectivity index (χ0v) is 25.7. The predicted molar refractivity (Wildman–Crippen MR) is 186 cm³/mol. The molecule has 0 saturated heterocycles. The van der Waals surface area contributed by atoms with Gasteiger partial charge in [-0.15, -0.1) is 0 Å². The van der Waals surface area contributed by atoms with Gasteiger partial charge < -0.3 is 4.42 Å². The van der Waals surface area contributed by atoms with Crippen LogP contribution in [0.15, 0.2) is 144 Å². The van der Waals surface area contributed by atoms with Crippen LogP contribution in [0, 0.1) is 5.92 Å². The van der Waals surface area contributed by atoms with E-state index in [1.165, 1.54) is 11.1 Å². The summed E-state index contributed by atoms with van der Waals surface area (Å²) in [4.78, 5) is 15.6. The van der Waals surface area contributed by atoms with Crippen molar-refractivity contribution in [1.29, 1.82) is 0 Å². The van der Waals surface area contributed by atoms with Crippen LogP contribution in [0.2, 0.25) is 0 Å². The summed E-state index contributed by atoms with van der Waals surface area (Å²) >= 11 is 0. The first-order chi connectivity index (χ1) is 22.6. The maximum absolute atomic E-state index is 6.46. The van der Waals surface area contributed by atoms with E-state index in [-0.39, 0.29) is 11.3 Å². The van der Waals surface area contributed by atoms with Gasteiger partial charge in [-0.3, -0.25) is 0 Å². The second-order valence-electron chi connectivity index (χ2n) is 12.8. The molecule has 0 aliphatic heterocycles. The Labute approximate surface area is 267 Å². The molecule has 0 saturated carbocycles. The maximum atomic E-state index is 6.46. The summed E-state index contributed by atoms with van der Waals surface area (Å²) in [7, 11) is 0. The van der Waals surface area contributed by atoms with Gasteiger partial charge in [-0.05, 0) is 51.8 Å². The van der Waals surface area contributed by atoms with Gasteiger partial charge in [-0.25, -0.2) is 15.0 Å². The summed E-state index contributed by atoms with van der Waals surface area (Å²) in [5.41, 5.74) is 9.39. The quantitative estimate of drug-likeness (QED) is 0.204. The van der Waals surface area contributed by atoms with Gasteiger partial charge in [-0.1, -0.05) is 135 Å². The third-order valence-electron chi connectivity index (χ3n) is 9.85. The number of hydrogen-bond donors (Lipinski definition) is 0. The molecule has 2 unspecified atom stereocenters. The molecule has 0 bridgehead atoms. The third-order valence-corrected chi connectivity index (χ3v) is 9.85. The molecule has 0 amide bonds. The SMILES string of the molecule is CC1(C)c2cccc(-c3nc(-c4cccc(-c5ccccc5)c4)nc(-c4cccc5c4oc4ccccc45)n3)c2C2C=CC=CC21. The van der Waals surface area contributed by atoms with Gasteiger partial charge in [0, 0.05) is 27.8 Å². The van der Waals surface area contributed by atoms with Crippen LogP contribution in [0.1, 0.15) is 30.9 Å². The van der Waals surface area contributed by atoms with Crippen molar-refractivity contribution in [3.05, 3.63) is 151 Å². The van der Waals surface area contributed by atoms with Gasteiger partial charge in [0.05, 0.1) is 5.56 Å². The zero-order chi connectivity index (χ0) is 30.8. The lowest BCUT2D eigenvalue weighted by molar-refractivity contribution is 0.394. The first-order valence-corrected chi connectivity index (χ1v) is 15.9. The van der Waals surface area contributed by atoms with Gasteiger partial charge in [0.15, 0.2) is 17.5 Å². The van der Waals surface area contributed by atoms with Crippen molar-refractivity contribution in [1.82, 2.24) is 15.0 Å². The highest BCUT2D eigenvalue weighted by atomic mass is 16.3. The Balaban J connectivity index is 1.30. The molecule has 0 spiro atoms. The minimum atomic E-state index is -0.0140. The number of fused-ring (bicyclic) bond motifs is 6. The lowest BCUT2D eigenvalue weighted by Gasteiger charge is -2.29. The average molecular weight is 594 g/mol. The molecule has 46 heavy (non-hydrogen) atoms. The second-order valence-corrected chi connectivity index (χ2v) is 12.8. The maximum Gasteiger partial charge on any atom is 0.167 e. The fourth-order valence-electron chi connectivity index (χ4n) is 7.57. The number of benzene rings is 5. The summed E-state index contributed by atoms with van der Waals surface area (Å²) in [6, 6.07) is 39.9. The first kappa shape index (κ1) is 26.8. The summed E-state index contributed by atoms with van der Waals surface area (Å²) in [5, 5.41) is 2.13. The fraction of sp³-hybridized carbons (Fsp3) is 0.119. The molecule has 0 fully saturated rings. The van der Waals surface area contributed by atoms with Crippen molar-refractivity contribution in [3.8, 4) is 45.3 Å². The molecular formula is C42H31N3O. The van der Waals surface area contributed by atoms with Gasteiger partial charge in [0.25, 0.3) is 0 Å². The number of hydrogen-bond acceptors (Lipinski definition) is 4. The summed E-state index contributed by atoms with van der Waals surface area (Å²) in [6.45, 7) is 4.71. The minimum Gasteiger partial charge on any atom is -0.455 e. The second kappa shape index (κ2) is 10.2. The molecule has 2 aliphatic rings. The van der Waals surface area contributed by atoms with E-state index in [0.29, 0.717) is 23.4 Å².